The number of nitrogens with zero attached hydrogens (tertiary/aromatic N) is 1. The van der Waals surface area contributed by atoms with Crippen molar-refractivity contribution in [3.8, 4) is 0 Å². The lowest BCUT2D eigenvalue weighted by Crippen LogP contribution is -2.08. The van der Waals surface area contributed by atoms with Gasteiger partial charge in [0.1, 0.15) is 6.26 Å². The predicted molar refractivity (Wildman–Crippen MR) is 42.6 cm³/mol. The first-order valence-electron chi connectivity index (χ1n) is 4.03. The smallest absolute Gasteiger partial charge is 0.294 e. The average molecular weight is 152 g/mol. The van der Waals surface area contributed by atoms with Gasteiger partial charge in [0.2, 0.25) is 0 Å². The SMILES string of the molecule is CNc1nc(C2CCC2)co1. The first-order chi connectivity index (χ1) is 5.40. The fourth-order valence-corrected chi connectivity index (χ4v) is 1.29. The van der Waals surface area contributed by atoms with Crippen LogP contribution in [-0.4, -0.2) is 12.0 Å². The van der Waals surface area contributed by atoms with Crippen LogP contribution in [0.3, 0.4) is 0 Å². The van der Waals surface area contributed by atoms with E-state index in [1.54, 1.807) is 6.26 Å². The molecule has 0 unspecified atom stereocenters. The van der Waals surface area contributed by atoms with E-state index in [2.05, 4.69) is 10.3 Å². The number of hydrogen-bond donors (Lipinski definition) is 1. The van der Waals surface area contributed by atoms with Gasteiger partial charge in [-0.15, -0.1) is 0 Å². The van der Waals surface area contributed by atoms with Crippen molar-refractivity contribution in [1.82, 2.24) is 4.98 Å². The summed E-state index contributed by atoms with van der Waals surface area (Å²) in [4.78, 5) is 4.27. The van der Waals surface area contributed by atoms with E-state index in [9.17, 15) is 0 Å². The van der Waals surface area contributed by atoms with Crippen LogP contribution in [0.5, 0.6) is 0 Å². The fraction of sp³-hybridized carbons (Fsp3) is 0.625. The van der Waals surface area contributed by atoms with Crippen LogP contribution in [0.25, 0.3) is 0 Å². The molecule has 11 heavy (non-hydrogen) atoms. The van der Waals surface area contributed by atoms with Crippen molar-refractivity contribution in [2.75, 3.05) is 12.4 Å². The molecule has 60 valence electrons. The molecule has 0 amide bonds. The molecule has 2 rings (SSSR count). The van der Waals surface area contributed by atoms with Crippen molar-refractivity contribution in [1.29, 1.82) is 0 Å². The lowest BCUT2D eigenvalue weighted by molar-refractivity contribution is 0.409. The van der Waals surface area contributed by atoms with Gasteiger partial charge >= 0.3 is 0 Å². The molecule has 1 N–H and O–H groups in total. The second-order valence-corrected chi connectivity index (χ2v) is 2.96. The molecule has 3 nitrogen and oxygen atoms in total. The van der Waals surface area contributed by atoms with E-state index >= 15 is 0 Å². The summed E-state index contributed by atoms with van der Waals surface area (Å²) >= 11 is 0. The normalized spacial score (nSPS) is 17.9. The average Bonchev–Trinajstić information content (AvgIpc) is 2.32. The minimum atomic E-state index is 0.631. The summed E-state index contributed by atoms with van der Waals surface area (Å²) in [5.41, 5.74) is 1.11. The van der Waals surface area contributed by atoms with Gasteiger partial charge in [0, 0.05) is 13.0 Å². The Morgan fingerprint density at radius 3 is 2.91 bits per heavy atom. The van der Waals surface area contributed by atoms with Crippen molar-refractivity contribution in [2.45, 2.75) is 25.2 Å². The van der Waals surface area contributed by atoms with Gasteiger partial charge in [-0.1, -0.05) is 6.42 Å². The molecule has 1 fully saturated rings. The minimum Gasteiger partial charge on any atom is -0.432 e. The highest BCUT2D eigenvalue weighted by atomic mass is 16.4. The lowest BCUT2D eigenvalue weighted by atomic mass is 9.83. The van der Waals surface area contributed by atoms with Crippen LogP contribution in [0, 0.1) is 0 Å². The molecule has 1 aliphatic rings. The molecule has 1 aliphatic carbocycles. The molecular formula is C8H12N2O. The van der Waals surface area contributed by atoms with E-state index in [4.69, 9.17) is 4.42 Å². The van der Waals surface area contributed by atoms with Crippen molar-refractivity contribution in [2.24, 2.45) is 0 Å². The third-order valence-electron chi connectivity index (χ3n) is 2.26. The van der Waals surface area contributed by atoms with E-state index in [-0.39, 0.29) is 0 Å². The molecule has 0 atom stereocenters. The summed E-state index contributed by atoms with van der Waals surface area (Å²) in [6.45, 7) is 0. The molecule has 1 aromatic heterocycles. The molecule has 3 heteroatoms. The second-order valence-electron chi connectivity index (χ2n) is 2.96. The van der Waals surface area contributed by atoms with E-state index in [1.807, 2.05) is 7.05 Å². The molecule has 0 radical (unpaired) electrons. The first kappa shape index (κ1) is 6.70. The molecule has 1 aromatic rings. The van der Waals surface area contributed by atoms with Crippen LogP contribution in [0.4, 0.5) is 6.01 Å². The Balaban J connectivity index is 2.11. The van der Waals surface area contributed by atoms with Gasteiger partial charge in [-0.2, -0.15) is 4.98 Å². The largest absolute Gasteiger partial charge is 0.432 e. The van der Waals surface area contributed by atoms with E-state index in [0.29, 0.717) is 11.9 Å². The zero-order valence-electron chi connectivity index (χ0n) is 6.63. The zero-order valence-corrected chi connectivity index (χ0v) is 6.63. The van der Waals surface area contributed by atoms with Crippen LogP contribution in [0.1, 0.15) is 30.9 Å². The molecule has 0 aliphatic heterocycles. The lowest BCUT2D eigenvalue weighted by Gasteiger charge is -2.22. The third-order valence-corrected chi connectivity index (χ3v) is 2.26. The number of nitrogens with one attached hydrogen (secondary N) is 1. The van der Waals surface area contributed by atoms with E-state index < -0.39 is 0 Å². The van der Waals surface area contributed by atoms with Crippen LogP contribution in [0.15, 0.2) is 10.7 Å². The number of hydrogen-bond acceptors (Lipinski definition) is 3. The van der Waals surface area contributed by atoms with Gasteiger partial charge in [-0.25, -0.2) is 0 Å². The van der Waals surface area contributed by atoms with Gasteiger partial charge in [0.05, 0.1) is 5.69 Å². The van der Waals surface area contributed by atoms with Crippen LogP contribution >= 0.6 is 0 Å². The number of aromatic nitrogens is 1. The summed E-state index contributed by atoms with van der Waals surface area (Å²) in [5, 5.41) is 2.87. The summed E-state index contributed by atoms with van der Waals surface area (Å²) in [7, 11) is 1.82. The fourth-order valence-electron chi connectivity index (χ4n) is 1.29. The van der Waals surface area contributed by atoms with Crippen molar-refractivity contribution in [3.63, 3.8) is 0 Å². The van der Waals surface area contributed by atoms with Gasteiger partial charge in [-0.05, 0) is 12.8 Å². The van der Waals surface area contributed by atoms with Gasteiger partial charge < -0.3 is 9.73 Å². The Morgan fingerprint density at radius 1 is 1.64 bits per heavy atom. The maximum absolute atomic E-state index is 5.15. The van der Waals surface area contributed by atoms with Gasteiger partial charge in [0.15, 0.2) is 0 Å². The minimum absolute atomic E-state index is 0.631. The van der Waals surface area contributed by atoms with Crippen LogP contribution < -0.4 is 5.32 Å². The highest BCUT2D eigenvalue weighted by Gasteiger charge is 2.22. The number of anilines is 1. The van der Waals surface area contributed by atoms with Crippen molar-refractivity contribution >= 4 is 6.01 Å². The maximum Gasteiger partial charge on any atom is 0.294 e. The Kier molecular flexibility index (Phi) is 1.56. The highest BCUT2D eigenvalue weighted by Crippen LogP contribution is 2.35. The molecule has 0 aromatic carbocycles. The monoisotopic (exact) mass is 152 g/mol. The third kappa shape index (κ3) is 1.11. The summed E-state index contributed by atoms with van der Waals surface area (Å²) < 4.78 is 5.15. The Labute approximate surface area is 65.8 Å². The molecule has 0 saturated heterocycles. The standard InChI is InChI=1S/C8H12N2O/c1-9-8-10-7(5-11-8)6-3-2-4-6/h5-6H,2-4H2,1H3,(H,9,10). The molecule has 1 saturated carbocycles. The van der Waals surface area contributed by atoms with E-state index in [1.165, 1.54) is 19.3 Å². The second kappa shape index (κ2) is 2.57. The van der Waals surface area contributed by atoms with Gasteiger partial charge in [0.25, 0.3) is 6.01 Å². The Morgan fingerprint density at radius 2 is 2.45 bits per heavy atom. The molecular weight excluding hydrogens is 140 g/mol. The number of oxazole rings is 1. The maximum atomic E-state index is 5.15. The quantitative estimate of drug-likeness (QED) is 0.704. The first-order valence-corrected chi connectivity index (χ1v) is 4.03. The molecule has 0 spiro atoms. The van der Waals surface area contributed by atoms with Crippen molar-refractivity contribution < 1.29 is 4.42 Å². The summed E-state index contributed by atoms with van der Waals surface area (Å²) in [6, 6.07) is 0.631. The van der Waals surface area contributed by atoms with Crippen LogP contribution in [-0.2, 0) is 0 Å². The van der Waals surface area contributed by atoms with Crippen molar-refractivity contribution in [3.05, 3.63) is 12.0 Å². The van der Waals surface area contributed by atoms with E-state index in [0.717, 1.165) is 5.69 Å². The zero-order chi connectivity index (χ0) is 7.68. The topological polar surface area (TPSA) is 38.1 Å². The number of rotatable bonds is 2. The highest BCUT2D eigenvalue weighted by molar-refractivity contribution is 5.22. The predicted octanol–water partition coefficient (Wildman–Crippen LogP) is 1.98. The molecule has 1 heterocycles. The molecule has 0 bridgehead atoms. The summed E-state index contributed by atoms with van der Waals surface area (Å²) in [5.74, 6) is 0.667. The summed E-state index contributed by atoms with van der Waals surface area (Å²) in [6.07, 6.45) is 5.65. The Bertz CT molecular complexity index is 240. The Hall–Kier alpha value is -0.990. The van der Waals surface area contributed by atoms with Gasteiger partial charge in [-0.3, -0.25) is 0 Å². The van der Waals surface area contributed by atoms with Crippen LogP contribution in [0.2, 0.25) is 0 Å².